The zero-order valence-corrected chi connectivity index (χ0v) is 12.2. The van der Waals surface area contributed by atoms with Crippen LogP contribution < -0.4 is 4.98 Å². The third-order valence-corrected chi connectivity index (χ3v) is 8.36. The van der Waals surface area contributed by atoms with E-state index in [1.807, 2.05) is 0 Å². The minimum Gasteiger partial charge on any atom is -0.309 e. The van der Waals surface area contributed by atoms with Crippen LogP contribution in [0.5, 0.6) is 0 Å². The maximum Gasteiger partial charge on any atom is 0.325 e. The Hall–Kier alpha value is 0.107. The molecule has 0 saturated heterocycles. The second kappa shape index (κ2) is 6.64. The summed E-state index contributed by atoms with van der Waals surface area (Å²) in [6.45, 7) is 12.5. The number of nitrogens with one attached hydrogen (secondary N) is 1. The molecule has 0 aliphatic carbocycles. The average Bonchev–Trinajstić information content (AvgIpc) is 2.25. The van der Waals surface area contributed by atoms with Crippen molar-refractivity contribution in [3.8, 4) is 0 Å². The quantitative estimate of drug-likeness (QED) is 0.508. The van der Waals surface area contributed by atoms with Crippen molar-refractivity contribution in [2.45, 2.75) is 77.9 Å². The van der Waals surface area contributed by atoms with Crippen molar-refractivity contribution < 1.29 is 4.11 Å². The molecule has 0 aromatic heterocycles. The summed E-state index contributed by atoms with van der Waals surface area (Å²) < 4.78 is 15.0. The van der Waals surface area contributed by atoms with Gasteiger partial charge < -0.3 is 4.98 Å². The topological polar surface area (TPSA) is 12.0 Å². The molecule has 0 aliphatic rings. The van der Waals surface area contributed by atoms with E-state index in [0.717, 1.165) is 19.3 Å². The molecule has 92 valence electrons. The Morgan fingerprint density at radius 3 is 1.60 bits per heavy atom. The normalized spacial score (nSPS) is 21.8. The average molecular weight is 233 g/mol. The molecule has 0 spiro atoms. The summed E-state index contributed by atoms with van der Waals surface area (Å²) >= 11 is 0. The standard InChI is InChI=1S/C12H28FNSi/c1-7-10(4)14-15(13,11(5)8-2)12(6)9-3/h10-12,14H,7-9H2,1-6H3. The molecule has 3 heteroatoms. The molecule has 0 bridgehead atoms. The number of hydrogen-bond acceptors (Lipinski definition) is 1. The summed E-state index contributed by atoms with van der Waals surface area (Å²) in [7, 11) is -2.79. The van der Waals surface area contributed by atoms with Gasteiger partial charge in [0, 0.05) is 0 Å². The third-order valence-electron chi connectivity index (χ3n) is 3.74. The van der Waals surface area contributed by atoms with Crippen LogP contribution in [0.25, 0.3) is 0 Å². The van der Waals surface area contributed by atoms with Gasteiger partial charge in [-0.05, 0) is 23.5 Å². The van der Waals surface area contributed by atoms with Crippen molar-refractivity contribution in [3.05, 3.63) is 0 Å². The van der Waals surface area contributed by atoms with E-state index < -0.39 is 8.57 Å². The summed E-state index contributed by atoms with van der Waals surface area (Å²) in [5.41, 5.74) is 0.419. The van der Waals surface area contributed by atoms with Gasteiger partial charge in [-0.1, -0.05) is 54.4 Å². The van der Waals surface area contributed by atoms with Gasteiger partial charge in [-0.15, -0.1) is 0 Å². The van der Waals surface area contributed by atoms with Crippen LogP contribution >= 0.6 is 0 Å². The van der Waals surface area contributed by atoms with Crippen LogP contribution in [0, 0.1) is 0 Å². The molecular weight excluding hydrogens is 205 g/mol. The predicted octanol–water partition coefficient (Wildman–Crippen LogP) is 4.39. The van der Waals surface area contributed by atoms with Crippen molar-refractivity contribution in [1.82, 2.24) is 4.98 Å². The van der Waals surface area contributed by atoms with E-state index in [2.05, 4.69) is 46.5 Å². The van der Waals surface area contributed by atoms with E-state index in [1.54, 1.807) is 0 Å². The molecule has 0 rings (SSSR count). The van der Waals surface area contributed by atoms with Crippen molar-refractivity contribution in [2.75, 3.05) is 0 Å². The fourth-order valence-corrected chi connectivity index (χ4v) is 5.53. The molecule has 0 radical (unpaired) electrons. The number of hydrogen-bond donors (Lipinski definition) is 1. The minimum absolute atomic E-state index is 0.210. The monoisotopic (exact) mass is 233 g/mol. The summed E-state index contributed by atoms with van der Waals surface area (Å²) in [5, 5.41) is 0. The molecule has 0 fully saturated rings. The van der Waals surface area contributed by atoms with Gasteiger partial charge in [0.2, 0.25) is 0 Å². The Morgan fingerprint density at radius 2 is 1.33 bits per heavy atom. The zero-order chi connectivity index (χ0) is 12.1. The van der Waals surface area contributed by atoms with Gasteiger partial charge >= 0.3 is 8.57 Å². The molecule has 3 unspecified atom stereocenters. The second-order valence-corrected chi connectivity index (χ2v) is 8.64. The summed E-state index contributed by atoms with van der Waals surface area (Å²) in [6, 6.07) is 0.310. The Balaban J connectivity index is 4.68. The highest BCUT2D eigenvalue weighted by molar-refractivity contribution is 6.73. The maximum absolute atomic E-state index is 15.0. The fourth-order valence-electron chi connectivity index (χ4n) is 1.84. The Bertz CT molecular complexity index is 165. The molecule has 0 aromatic rings. The highest BCUT2D eigenvalue weighted by atomic mass is 28.4. The smallest absolute Gasteiger partial charge is 0.309 e. The first kappa shape index (κ1) is 15.1. The Kier molecular flexibility index (Phi) is 6.69. The van der Waals surface area contributed by atoms with Crippen LogP contribution in [0.4, 0.5) is 4.11 Å². The van der Waals surface area contributed by atoms with E-state index in [1.165, 1.54) is 0 Å². The van der Waals surface area contributed by atoms with Crippen molar-refractivity contribution >= 4 is 8.57 Å². The summed E-state index contributed by atoms with van der Waals surface area (Å²) in [5.74, 6) is 0. The molecule has 0 aromatic carbocycles. The van der Waals surface area contributed by atoms with E-state index in [9.17, 15) is 0 Å². The molecule has 0 aliphatic heterocycles. The largest absolute Gasteiger partial charge is 0.325 e. The molecule has 15 heavy (non-hydrogen) atoms. The zero-order valence-electron chi connectivity index (χ0n) is 11.2. The summed E-state index contributed by atoms with van der Waals surface area (Å²) in [6.07, 6.45) is 2.89. The molecular formula is C12H28FNSi. The van der Waals surface area contributed by atoms with Gasteiger partial charge in [0.25, 0.3) is 0 Å². The minimum atomic E-state index is -2.79. The van der Waals surface area contributed by atoms with Crippen molar-refractivity contribution in [3.63, 3.8) is 0 Å². The molecule has 3 atom stereocenters. The van der Waals surface area contributed by atoms with Crippen molar-refractivity contribution in [2.24, 2.45) is 0 Å². The van der Waals surface area contributed by atoms with Crippen LogP contribution in [0.15, 0.2) is 0 Å². The van der Waals surface area contributed by atoms with Crippen LogP contribution in [0.2, 0.25) is 11.1 Å². The lowest BCUT2D eigenvalue weighted by Crippen LogP contribution is -2.56. The SMILES string of the molecule is CCC(C)N[Si](F)(C(C)CC)C(C)CC. The van der Waals surface area contributed by atoms with E-state index in [-0.39, 0.29) is 11.1 Å². The van der Waals surface area contributed by atoms with E-state index >= 15 is 4.11 Å². The summed E-state index contributed by atoms with van der Waals surface area (Å²) in [4.78, 5) is 3.32. The first-order chi connectivity index (χ1) is 6.92. The maximum atomic E-state index is 15.0. The lowest BCUT2D eigenvalue weighted by molar-refractivity contribution is 0.525. The fraction of sp³-hybridized carbons (Fsp3) is 1.00. The lowest BCUT2D eigenvalue weighted by atomic mass is 10.3. The van der Waals surface area contributed by atoms with Crippen LogP contribution in [-0.4, -0.2) is 14.6 Å². The van der Waals surface area contributed by atoms with Gasteiger partial charge in [0.05, 0.1) is 0 Å². The first-order valence-corrected chi connectivity index (χ1v) is 8.42. The molecule has 1 N–H and O–H groups in total. The van der Waals surface area contributed by atoms with Crippen LogP contribution in [0.1, 0.15) is 60.8 Å². The predicted molar refractivity (Wildman–Crippen MR) is 69.2 cm³/mol. The lowest BCUT2D eigenvalue weighted by Gasteiger charge is -2.36. The van der Waals surface area contributed by atoms with Gasteiger partial charge in [0.15, 0.2) is 0 Å². The first-order valence-electron chi connectivity index (χ1n) is 6.38. The number of rotatable bonds is 7. The molecule has 0 amide bonds. The third kappa shape index (κ3) is 3.87. The van der Waals surface area contributed by atoms with E-state index in [0.29, 0.717) is 6.04 Å². The van der Waals surface area contributed by atoms with Crippen LogP contribution in [-0.2, 0) is 0 Å². The number of halogens is 1. The highest BCUT2D eigenvalue weighted by Crippen LogP contribution is 2.36. The van der Waals surface area contributed by atoms with Gasteiger partial charge in [-0.2, -0.15) is 0 Å². The molecule has 0 heterocycles. The Morgan fingerprint density at radius 1 is 0.933 bits per heavy atom. The van der Waals surface area contributed by atoms with Gasteiger partial charge in [0.1, 0.15) is 0 Å². The van der Waals surface area contributed by atoms with E-state index in [4.69, 9.17) is 0 Å². The van der Waals surface area contributed by atoms with Crippen LogP contribution in [0.3, 0.4) is 0 Å². The van der Waals surface area contributed by atoms with Crippen molar-refractivity contribution in [1.29, 1.82) is 0 Å². The van der Waals surface area contributed by atoms with Gasteiger partial charge in [-0.3, -0.25) is 4.11 Å². The molecule has 0 saturated carbocycles. The second-order valence-electron chi connectivity index (χ2n) is 4.84. The Labute approximate surface area is 96.1 Å². The highest BCUT2D eigenvalue weighted by Gasteiger charge is 2.45. The van der Waals surface area contributed by atoms with Gasteiger partial charge in [-0.25, -0.2) is 0 Å². The molecule has 1 nitrogen and oxygen atoms in total.